The highest BCUT2D eigenvalue weighted by Crippen LogP contribution is 2.45. The molecule has 2 amide bonds. The first kappa shape index (κ1) is 32.5. The lowest BCUT2D eigenvalue weighted by Crippen LogP contribution is -2.39. The van der Waals surface area contributed by atoms with Crippen LogP contribution in [0.2, 0.25) is 5.02 Å². The fourth-order valence-corrected chi connectivity index (χ4v) is 6.52. The van der Waals surface area contributed by atoms with Gasteiger partial charge in [-0.05, 0) is 35.2 Å². The van der Waals surface area contributed by atoms with Crippen LogP contribution in [0, 0.1) is 6.92 Å². The SMILES string of the molecule is Cc1ccc(C(OC(=O)CCNC(=O)CNC(=O)OCC2c3ccccc3-c3ccccc32)(c2ccccc2)c2ccccc2Cl)cc1. The molecule has 1 atom stereocenters. The number of carbonyl (C=O) groups excluding carboxylic acids is 3. The van der Waals surface area contributed by atoms with Crippen molar-refractivity contribution < 1.29 is 23.9 Å². The largest absolute Gasteiger partial charge is 0.449 e. The lowest BCUT2D eigenvalue weighted by Gasteiger charge is -2.36. The summed E-state index contributed by atoms with van der Waals surface area (Å²) in [6.07, 6.45) is -0.807. The average molecular weight is 659 g/mol. The Morgan fingerprint density at radius 2 is 1.29 bits per heavy atom. The van der Waals surface area contributed by atoms with E-state index >= 15 is 0 Å². The summed E-state index contributed by atoms with van der Waals surface area (Å²) in [5.41, 5.74) is 6.27. The molecule has 242 valence electrons. The highest BCUT2D eigenvalue weighted by molar-refractivity contribution is 6.31. The molecule has 0 aliphatic heterocycles. The zero-order chi connectivity index (χ0) is 33.5. The van der Waals surface area contributed by atoms with Crippen molar-refractivity contribution >= 4 is 29.6 Å². The number of halogens is 1. The molecule has 0 heterocycles. The number of amides is 2. The molecular formula is C40H35ClN2O5. The molecular weight excluding hydrogens is 624 g/mol. The van der Waals surface area contributed by atoms with Crippen LogP contribution in [0.4, 0.5) is 4.79 Å². The van der Waals surface area contributed by atoms with Gasteiger partial charge in [-0.1, -0.05) is 138 Å². The third-order valence-electron chi connectivity index (χ3n) is 8.55. The van der Waals surface area contributed by atoms with Crippen molar-refractivity contribution in [3.63, 3.8) is 0 Å². The highest BCUT2D eigenvalue weighted by Gasteiger charge is 2.42. The van der Waals surface area contributed by atoms with Crippen molar-refractivity contribution in [1.82, 2.24) is 10.6 Å². The molecule has 6 rings (SSSR count). The molecule has 1 unspecified atom stereocenters. The lowest BCUT2D eigenvalue weighted by molar-refractivity contribution is -0.153. The molecule has 0 bridgehead atoms. The van der Waals surface area contributed by atoms with E-state index < -0.39 is 23.6 Å². The standard InChI is InChI=1S/C40H35ClN2O5/c1-27-19-21-29(22-20-27)40(28-11-3-2-4-12-28,35-17-9-10-18-36(35)41)48-38(45)23-24-42-37(44)25-43-39(46)47-26-34-32-15-7-5-13-30(32)31-14-6-8-16-33(31)34/h2-22,34H,23-26H2,1H3,(H,42,44)(H,43,46). The summed E-state index contributed by atoms with van der Waals surface area (Å²) in [7, 11) is 0. The van der Waals surface area contributed by atoms with Gasteiger partial charge in [-0.25, -0.2) is 4.79 Å². The third kappa shape index (κ3) is 6.82. The Balaban J connectivity index is 1.06. The number of hydrogen-bond donors (Lipinski definition) is 2. The highest BCUT2D eigenvalue weighted by atomic mass is 35.5. The number of fused-ring (bicyclic) bond motifs is 3. The molecule has 0 aromatic heterocycles. The maximum absolute atomic E-state index is 13.5. The van der Waals surface area contributed by atoms with E-state index in [2.05, 4.69) is 22.8 Å². The van der Waals surface area contributed by atoms with Crippen LogP contribution in [0.15, 0.2) is 127 Å². The molecule has 0 spiro atoms. The Labute approximate surface area is 284 Å². The van der Waals surface area contributed by atoms with Crippen LogP contribution in [0.3, 0.4) is 0 Å². The summed E-state index contributed by atoms with van der Waals surface area (Å²) >= 11 is 6.74. The van der Waals surface area contributed by atoms with E-state index in [9.17, 15) is 14.4 Å². The Morgan fingerprint density at radius 3 is 1.96 bits per heavy atom. The van der Waals surface area contributed by atoms with Gasteiger partial charge in [-0.3, -0.25) is 9.59 Å². The molecule has 1 aliphatic carbocycles. The molecule has 5 aromatic carbocycles. The maximum Gasteiger partial charge on any atom is 0.407 e. The molecule has 0 radical (unpaired) electrons. The molecule has 0 saturated heterocycles. The molecule has 0 saturated carbocycles. The number of benzene rings is 5. The second-order valence-corrected chi connectivity index (χ2v) is 12.1. The van der Waals surface area contributed by atoms with Gasteiger partial charge in [0.1, 0.15) is 6.61 Å². The van der Waals surface area contributed by atoms with Crippen LogP contribution < -0.4 is 10.6 Å². The van der Waals surface area contributed by atoms with Crippen molar-refractivity contribution in [1.29, 1.82) is 0 Å². The molecule has 2 N–H and O–H groups in total. The number of ether oxygens (including phenoxy) is 2. The monoisotopic (exact) mass is 658 g/mol. The number of nitrogens with one attached hydrogen (secondary N) is 2. The van der Waals surface area contributed by atoms with E-state index in [1.807, 2.05) is 116 Å². The number of aryl methyl sites for hydroxylation is 1. The van der Waals surface area contributed by atoms with Gasteiger partial charge in [0, 0.05) is 34.2 Å². The maximum atomic E-state index is 13.5. The van der Waals surface area contributed by atoms with Crippen LogP contribution >= 0.6 is 11.6 Å². The Kier molecular flexibility index (Phi) is 9.88. The average Bonchev–Trinajstić information content (AvgIpc) is 3.43. The zero-order valence-corrected chi connectivity index (χ0v) is 27.2. The van der Waals surface area contributed by atoms with Crippen LogP contribution in [-0.4, -0.2) is 37.7 Å². The van der Waals surface area contributed by atoms with Crippen LogP contribution in [-0.2, 0) is 24.7 Å². The summed E-state index contributed by atoms with van der Waals surface area (Å²) in [6.45, 7) is 1.83. The number of alkyl carbamates (subject to hydrolysis) is 1. The number of esters is 1. The van der Waals surface area contributed by atoms with Crippen molar-refractivity contribution in [2.75, 3.05) is 19.7 Å². The second-order valence-electron chi connectivity index (χ2n) is 11.6. The Hall–Kier alpha value is -5.40. The summed E-state index contributed by atoms with van der Waals surface area (Å²) in [5, 5.41) is 5.63. The summed E-state index contributed by atoms with van der Waals surface area (Å²) in [4.78, 5) is 38.6. The molecule has 7 nitrogen and oxygen atoms in total. The summed E-state index contributed by atoms with van der Waals surface area (Å²) in [5.74, 6) is -1.09. The number of hydrogen-bond acceptors (Lipinski definition) is 5. The molecule has 5 aromatic rings. The van der Waals surface area contributed by atoms with Gasteiger partial charge in [0.2, 0.25) is 5.91 Å². The van der Waals surface area contributed by atoms with Crippen LogP contribution in [0.25, 0.3) is 11.1 Å². The van der Waals surface area contributed by atoms with Gasteiger partial charge in [0.05, 0.1) is 13.0 Å². The van der Waals surface area contributed by atoms with E-state index in [1.165, 1.54) is 0 Å². The first-order valence-electron chi connectivity index (χ1n) is 15.8. The summed E-state index contributed by atoms with van der Waals surface area (Å²) in [6, 6.07) is 40.6. The van der Waals surface area contributed by atoms with Gasteiger partial charge in [-0.2, -0.15) is 0 Å². The van der Waals surface area contributed by atoms with Crippen molar-refractivity contribution in [3.05, 3.63) is 166 Å². The van der Waals surface area contributed by atoms with Crippen LogP contribution in [0.5, 0.6) is 0 Å². The third-order valence-corrected chi connectivity index (χ3v) is 8.88. The fraction of sp³-hybridized carbons (Fsp3) is 0.175. The topological polar surface area (TPSA) is 93.7 Å². The smallest absolute Gasteiger partial charge is 0.407 e. The van der Waals surface area contributed by atoms with E-state index in [0.29, 0.717) is 10.6 Å². The minimum Gasteiger partial charge on any atom is -0.449 e. The van der Waals surface area contributed by atoms with E-state index in [1.54, 1.807) is 6.07 Å². The van der Waals surface area contributed by atoms with E-state index in [-0.39, 0.29) is 32.0 Å². The van der Waals surface area contributed by atoms with Gasteiger partial charge in [-0.15, -0.1) is 0 Å². The van der Waals surface area contributed by atoms with Crippen molar-refractivity contribution in [2.45, 2.75) is 24.9 Å². The van der Waals surface area contributed by atoms with Gasteiger partial charge >= 0.3 is 12.1 Å². The first-order chi connectivity index (χ1) is 23.4. The van der Waals surface area contributed by atoms with Gasteiger partial charge < -0.3 is 20.1 Å². The first-order valence-corrected chi connectivity index (χ1v) is 16.2. The normalized spacial score (nSPS) is 13.0. The van der Waals surface area contributed by atoms with Gasteiger partial charge in [0.25, 0.3) is 0 Å². The predicted octanol–water partition coefficient (Wildman–Crippen LogP) is 7.53. The minimum absolute atomic E-state index is 0.00528. The van der Waals surface area contributed by atoms with Crippen molar-refractivity contribution in [2.24, 2.45) is 0 Å². The van der Waals surface area contributed by atoms with Gasteiger partial charge in [0.15, 0.2) is 5.60 Å². The zero-order valence-electron chi connectivity index (χ0n) is 26.4. The van der Waals surface area contributed by atoms with Crippen LogP contribution in [0.1, 0.15) is 45.7 Å². The fourth-order valence-electron chi connectivity index (χ4n) is 6.25. The molecule has 0 fully saturated rings. The minimum atomic E-state index is -1.33. The predicted molar refractivity (Wildman–Crippen MR) is 186 cm³/mol. The lowest BCUT2D eigenvalue weighted by atomic mass is 9.79. The second kappa shape index (κ2) is 14.6. The molecule has 1 aliphatic rings. The Bertz CT molecular complexity index is 1880. The quantitative estimate of drug-likeness (QED) is 0.113. The van der Waals surface area contributed by atoms with Crippen molar-refractivity contribution in [3.8, 4) is 11.1 Å². The molecule has 48 heavy (non-hydrogen) atoms. The Morgan fingerprint density at radius 1 is 0.708 bits per heavy atom. The number of carbonyl (C=O) groups is 3. The molecule has 8 heteroatoms. The number of rotatable bonds is 11. The summed E-state index contributed by atoms with van der Waals surface area (Å²) < 4.78 is 11.9. The van der Waals surface area contributed by atoms with E-state index in [4.69, 9.17) is 21.1 Å². The van der Waals surface area contributed by atoms with E-state index in [0.717, 1.165) is 38.9 Å².